The average Bonchev–Trinajstić information content (AvgIpc) is 2.67. The highest BCUT2D eigenvalue weighted by molar-refractivity contribution is 6.27. The molecule has 0 spiro atoms. The molecule has 31 heavy (non-hydrogen) atoms. The summed E-state index contributed by atoms with van der Waals surface area (Å²) in [5.41, 5.74) is 3.19. The quantitative estimate of drug-likeness (QED) is 0.391. The van der Waals surface area contributed by atoms with E-state index in [1.807, 2.05) is 32.0 Å². The number of aryl methyl sites for hydroxylation is 2. The minimum atomic E-state index is -1.82. The molecule has 1 saturated heterocycles. The monoisotopic (exact) mass is 441 g/mol. The van der Waals surface area contributed by atoms with E-state index in [0.29, 0.717) is 6.54 Å². The molecule has 1 aliphatic heterocycles. The maximum absolute atomic E-state index is 12.1. The first-order valence-electron chi connectivity index (χ1n) is 9.04. The summed E-state index contributed by atoms with van der Waals surface area (Å²) in [4.78, 5) is 53.0. The SMILES string of the molecule is Cc1cccc(C)c1NC(=O)CN1CCN(C)CC1.O=C(O)C(=O)O.O=C(O)C(=O)O. The number of nitrogens with zero attached hydrogens (tertiary/aromatic N) is 2. The smallest absolute Gasteiger partial charge is 0.414 e. The molecular weight excluding hydrogens is 414 g/mol. The van der Waals surface area contributed by atoms with Crippen LogP contribution in [0.3, 0.4) is 0 Å². The van der Waals surface area contributed by atoms with E-state index in [2.05, 4.69) is 22.2 Å². The van der Waals surface area contributed by atoms with Crippen LogP contribution in [0.2, 0.25) is 0 Å². The Morgan fingerprint density at radius 2 is 1.19 bits per heavy atom. The van der Waals surface area contributed by atoms with Gasteiger partial charge in [-0.05, 0) is 32.0 Å². The zero-order valence-electron chi connectivity index (χ0n) is 17.5. The largest absolute Gasteiger partial charge is 0.473 e. The maximum Gasteiger partial charge on any atom is 0.414 e. The number of anilines is 1. The van der Waals surface area contributed by atoms with Crippen LogP contribution < -0.4 is 5.32 Å². The van der Waals surface area contributed by atoms with Gasteiger partial charge in [0, 0.05) is 31.9 Å². The van der Waals surface area contributed by atoms with Crippen LogP contribution in [-0.4, -0.2) is 99.8 Å². The Kier molecular flexibility index (Phi) is 12.1. The molecule has 1 heterocycles. The summed E-state index contributed by atoms with van der Waals surface area (Å²) in [5, 5.41) is 32.6. The lowest BCUT2D eigenvalue weighted by Crippen LogP contribution is -2.47. The van der Waals surface area contributed by atoms with Crippen molar-refractivity contribution in [3.63, 3.8) is 0 Å². The van der Waals surface area contributed by atoms with Crippen LogP contribution in [-0.2, 0) is 24.0 Å². The number of carboxylic acids is 4. The van der Waals surface area contributed by atoms with Gasteiger partial charge >= 0.3 is 23.9 Å². The number of aliphatic carboxylic acids is 4. The Hall–Kier alpha value is -3.51. The summed E-state index contributed by atoms with van der Waals surface area (Å²) in [5.74, 6) is -7.21. The minimum absolute atomic E-state index is 0.0851. The van der Waals surface area contributed by atoms with Crippen molar-refractivity contribution in [2.24, 2.45) is 0 Å². The zero-order chi connectivity index (χ0) is 24.1. The number of likely N-dealkylation sites (N-methyl/N-ethyl adjacent to an activating group) is 1. The van der Waals surface area contributed by atoms with Gasteiger partial charge in [0.15, 0.2) is 0 Å². The third kappa shape index (κ3) is 11.9. The van der Waals surface area contributed by atoms with E-state index in [0.717, 1.165) is 43.0 Å². The van der Waals surface area contributed by atoms with Crippen molar-refractivity contribution in [3.05, 3.63) is 29.3 Å². The van der Waals surface area contributed by atoms with Crippen LogP contribution in [0.15, 0.2) is 18.2 Å². The molecule has 5 N–H and O–H groups in total. The van der Waals surface area contributed by atoms with Gasteiger partial charge in [0.1, 0.15) is 0 Å². The second-order valence-electron chi connectivity index (χ2n) is 6.62. The highest BCUT2D eigenvalue weighted by Crippen LogP contribution is 2.19. The van der Waals surface area contributed by atoms with E-state index in [1.54, 1.807) is 0 Å². The average molecular weight is 441 g/mol. The Bertz CT molecular complexity index is 735. The third-order valence-corrected chi connectivity index (χ3v) is 4.07. The minimum Gasteiger partial charge on any atom is -0.473 e. The predicted molar refractivity (Wildman–Crippen MR) is 109 cm³/mol. The van der Waals surface area contributed by atoms with Crippen LogP contribution in [0.4, 0.5) is 5.69 Å². The molecule has 0 radical (unpaired) electrons. The van der Waals surface area contributed by atoms with E-state index >= 15 is 0 Å². The maximum atomic E-state index is 12.1. The number of benzene rings is 1. The first-order chi connectivity index (χ1) is 14.3. The van der Waals surface area contributed by atoms with Crippen molar-refractivity contribution < 1.29 is 44.4 Å². The Morgan fingerprint density at radius 3 is 1.55 bits per heavy atom. The molecule has 0 aromatic heterocycles. The number of nitrogens with one attached hydrogen (secondary N) is 1. The normalized spacial score (nSPS) is 13.5. The fourth-order valence-corrected chi connectivity index (χ4v) is 2.40. The summed E-state index contributed by atoms with van der Waals surface area (Å²) in [6.45, 7) is 8.55. The molecule has 0 atom stereocenters. The van der Waals surface area contributed by atoms with Crippen molar-refractivity contribution in [2.45, 2.75) is 13.8 Å². The number of amides is 1. The van der Waals surface area contributed by atoms with E-state index in [1.165, 1.54) is 0 Å². The van der Waals surface area contributed by atoms with E-state index in [9.17, 15) is 4.79 Å². The van der Waals surface area contributed by atoms with Gasteiger partial charge in [-0.3, -0.25) is 9.69 Å². The van der Waals surface area contributed by atoms with Crippen molar-refractivity contribution in [2.75, 3.05) is 45.1 Å². The van der Waals surface area contributed by atoms with E-state index < -0.39 is 23.9 Å². The van der Waals surface area contributed by atoms with Gasteiger partial charge < -0.3 is 30.6 Å². The van der Waals surface area contributed by atoms with Gasteiger partial charge in [-0.25, -0.2) is 19.2 Å². The first-order valence-corrected chi connectivity index (χ1v) is 9.04. The number of carbonyl (C=O) groups is 5. The summed E-state index contributed by atoms with van der Waals surface area (Å²) < 4.78 is 0. The molecule has 1 aromatic rings. The molecule has 1 aromatic carbocycles. The highest BCUT2D eigenvalue weighted by atomic mass is 16.4. The molecule has 2 rings (SSSR count). The molecule has 172 valence electrons. The van der Waals surface area contributed by atoms with Crippen LogP contribution >= 0.6 is 0 Å². The van der Waals surface area contributed by atoms with Gasteiger partial charge in [-0.2, -0.15) is 0 Å². The van der Waals surface area contributed by atoms with E-state index in [-0.39, 0.29) is 5.91 Å². The molecule has 0 unspecified atom stereocenters. The molecule has 1 aliphatic rings. The van der Waals surface area contributed by atoms with Gasteiger partial charge in [0.2, 0.25) is 5.91 Å². The summed E-state index contributed by atoms with van der Waals surface area (Å²) in [6, 6.07) is 6.07. The number of carbonyl (C=O) groups excluding carboxylic acids is 1. The fourth-order valence-electron chi connectivity index (χ4n) is 2.40. The lowest BCUT2D eigenvalue weighted by Gasteiger charge is -2.31. The molecular formula is C19H27N3O9. The van der Waals surface area contributed by atoms with Crippen molar-refractivity contribution in [1.82, 2.24) is 9.80 Å². The molecule has 0 saturated carbocycles. The lowest BCUT2D eigenvalue weighted by atomic mass is 10.1. The molecule has 12 heteroatoms. The summed E-state index contributed by atoms with van der Waals surface area (Å²) in [7, 11) is 2.12. The second-order valence-corrected chi connectivity index (χ2v) is 6.62. The zero-order valence-corrected chi connectivity index (χ0v) is 17.5. The summed E-state index contributed by atoms with van der Waals surface area (Å²) in [6.07, 6.45) is 0. The molecule has 1 fully saturated rings. The highest BCUT2D eigenvalue weighted by Gasteiger charge is 2.17. The van der Waals surface area contributed by atoms with Crippen LogP contribution in [0.25, 0.3) is 0 Å². The number of hydrogen-bond donors (Lipinski definition) is 5. The number of hydrogen-bond acceptors (Lipinski definition) is 7. The topological polar surface area (TPSA) is 185 Å². The molecule has 0 bridgehead atoms. The Balaban J connectivity index is 0.000000620. The lowest BCUT2D eigenvalue weighted by molar-refractivity contribution is -0.159. The van der Waals surface area contributed by atoms with Gasteiger partial charge in [-0.1, -0.05) is 18.2 Å². The van der Waals surface area contributed by atoms with Gasteiger partial charge in [-0.15, -0.1) is 0 Å². The third-order valence-electron chi connectivity index (χ3n) is 4.07. The summed E-state index contributed by atoms with van der Waals surface area (Å²) >= 11 is 0. The molecule has 0 aliphatic carbocycles. The Labute approximate surface area is 178 Å². The van der Waals surface area contributed by atoms with E-state index in [4.69, 9.17) is 39.6 Å². The standard InChI is InChI=1S/C15H23N3O.2C2H2O4/c1-12-5-4-6-13(2)15(12)16-14(19)11-18-9-7-17(3)8-10-18;2*3-1(4)2(5)6/h4-6H,7-11H2,1-3H3,(H,16,19);2*(H,3,4)(H,5,6). The first kappa shape index (κ1) is 27.5. The predicted octanol–water partition coefficient (Wildman–Crippen LogP) is -0.199. The molecule has 12 nitrogen and oxygen atoms in total. The number of piperazine rings is 1. The van der Waals surface area contributed by atoms with Crippen LogP contribution in [0.1, 0.15) is 11.1 Å². The second kappa shape index (κ2) is 13.7. The van der Waals surface area contributed by atoms with Gasteiger partial charge in [0.05, 0.1) is 6.54 Å². The van der Waals surface area contributed by atoms with Crippen molar-refractivity contribution in [3.8, 4) is 0 Å². The number of carboxylic acid groups (broad SMARTS) is 4. The molecule has 1 amide bonds. The van der Waals surface area contributed by atoms with Crippen LogP contribution in [0.5, 0.6) is 0 Å². The fraction of sp³-hybridized carbons (Fsp3) is 0.421. The van der Waals surface area contributed by atoms with Crippen molar-refractivity contribution >= 4 is 35.5 Å². The van der Waals surface area contributed by atoms with Crippen LogP contribution in [0, 0.1) is 13.8 Å². The van der Waals surface area contributed by atoms with Gasteiger partial charge in [0.25, 0.3) is 0 Å². The Morgan fingerprint density at radius 1 is 0.806 bits per heavy atom. The number of para-hydroxylation sites is 1. The van der Waals surface area contributed by atoms with Crippen molar-refractivity contribution in [1.29, 1.82) is 0 Å². The number of rotatable bonds is 3.